The van der Waals surface area contributed by atoms with E-state index in [2.05, 4.69) is 15.1 Å². The van der Waals surface area contributed by atoms with Gasteiger partial charge in [-0.05, 0) is 36.6 Å². The summed E-state index contributed by atoms with van der Waals surface area (Å²) in [4.78, 5) is 45.5. The number of ketones is 1. The van der Waals surface area contributed by atoms with Crippen molar-refractivity contribution in [1.82, 2.24) is 15.1 Å². The van der Waals surface area contributed by atoms with Crippen LogP contribution in [0.3, 0.4) is 0 Å². The van der Waals surface area contributed by atoms with Crippen molar-refractivity contribution in [3.8, 4) is 0 Å². The van der Waals surface area contributed by atoms with Crippen LogP contribution in [0.25, 0.3) is 0 Å². The molecule has 0 spiro atoms. The number of ether oxygens (including phenoxy) is 3. The van der Waals surface area contributed by atoms with Gasteiger partial charge in [0, 0.05) is 58.2 Å². The number of amides is 2. The highest BCUT2D eigenvalue weighted by atomic mass is 32.1. The van der Waals surface area contributed by atoms with Gasteiger partial charge in [0.25, 0.3) is 5.91 Å². The lowest BCUT2D eigenvalue weighted by Crippen LogP contribution is -2.52. The minimum absolute atomic E-state index is 0. The highest BCUT2D eigenvalue weighted by Gasteiger charge is 2.53. The number of Topliss-reactive ketones (excluding diaryl/α,β-unsaturated/α-hetero) is 1. The maximum atomic E-state index is 13.6. The molecular weight excluding hydrogens is 585 g/mol. The van der Waals surface area contributed by atoms with Crippen molar-refractivity contribution in [1.29, 1.82) is 0 Å². The minimum Gasteiger partial charge on any atom is -0.383 e. The van der Waals surface area contributed by atoms with Gasteiger partial charge in [0.15, 0.2) is 5.78 Å². The number of benzene rings is 1. The molecule has 13 heteroatoms. The van der Waals surface area contributed by atoms with Gasteiger partial charge in [0.1, 0.15) is 30.9 Å². The molecule has 0 radical (unpaired) electrons. The summed E-state index contributed by atoms with van der Waals surface area (Å²) < 4.78 is 16.3. The Bertz CT molecular complexity index is 963. The summed E-state index contributed by atoms with van der Waals surface area (Å²) in [7, 11) is 3.28. The van der Waals surface area contributed by atoms with E-state index in [1.54, 1.807) is 26.4 Å². The van der Waals surface area contributed by atoms with Crippen LogP contribution in [0.4, 0.5) is 5.69 Å². The first kappa shape index (κ1) is 39.5. The van der Waals surface area contributed by atoms with E-state index in [1.807, 2.05) is 26.0 Å². The Kier molecular flexibility index (Phi) is 17.6. The summed E-state index contributed by atoms with van der Waals surface area (Å²) in [5.41, 5.74) is 1.57. The van der Waals surface area contributed by atoms with Crippen molar-refractivity contribution in [2.45, 2.75) is 52.0 Å². The van der Waals surface area contributed by atoms with Crippen LogP contribution >= 0.6 is 40.5 Å². The maximum absolute atomic E-state index is 13.6. The molecule has 3 fully saturated rings. The first-order valence-electron chi connectivity index (χ1n) is 13.2. The molecular formula is C28H50N4O6S3. The molecule has 41 heavy (non-hydrogen) atoms. The first-order valence-corrected chi connectivity index (χ1v) is 13.2. The van der Waals surface area contributed by atoms with Gasteiger partial charge >= 0.3 is 0 Å². The van der Waals surface area contributed by atoms with E-state index < -0.39 is 18.2 Å². The number of nitrogens with zero attached hydrogens (tertiary/aromatic N) is 3. The molecule has 3 aliphatic heterocycles. The monoisotopic (exact) mass is 634 g/mol. The van der Waals surface area contributed by atoms with Crippen LogP contribution < -0.4 is 10.2 Å². The second-order valence-corrected chi connectivity index (χ2v) is 10.5. The number of hydrogen-bond acceptors (Lipinski definition) is 8. The van der Waals surface area contributed by atoms with E-state index in [4.69, 9.17) is 14.2 Å². The number of piperazine rings is 1. The van der Waals surface area contributed by atoms with Gasteiger partial charge in [-0.3, -0.25) is 19.3 Å². The highest BCUT2D eigenvalue weighted by molar-refractivity contribution is 7.59. The molecule has 4 atom stereocenters. The smallest absolute Gasteiger partial charge is 0.251 e. The summed E-state index contributed by atoms with van der Waals surface area (Å²) in [5, 5.41) is 2.94. The van der Waals surface area contributed by atoms with Gasteiger partial charge < -0.3 is 29.3 Å². The Morgan fingerprint density at radius 1 is 1.05 bits per heavy atom. The Hall–Kier alpha value is -1.48. The van der Waals surface area contributed by atoms with Gasteiger partial charge in [0.2, 0.25) is 5.91 Å². The Morgan fingerprint density at radius 2 is 1.68 bits per heavy atom. The summed E-state index contributed by atoms with van der Waals surface area (Å²) >= 11 is 0. The summed E-state index contributed by atoms with van der Waals surface area (Å²) in [6, 6.07) is 6.14. The van der Waals surface area contributed by atoms with Gasteiger partial charge in [-0.25, -0.2) is 0 Å². The molecule has 2 amide bonds. The van der Waals surface area contributed by atoms with Gasteiger partial charge in [-0.15, -0.1) is 0 Å². The van der Waals surface area contributed by atoms with Crippen molar-refractivity contribution in [2.24, 2.45) is 5.92 Å². The number of carbonyl (C=O) groups is 3. The fraction of sp³-hybridized carbons (Fsp3) is 0.679. The third kappa shape index (κ3) is 9.50. The van der Waals surface area contributed by atoms with Crippen LogP contribution in [-0.2, 0) is 23.8 Å². The van der Waals surface area contributed by atoms with Crippen molar-refractivity contribution >= 4 is 63.8 Å². The number of carbonyl (C=O) groups excluding carboxylic acids is 3. The zero-order valence-electron chi connectivity index (χ0n) is 23.9. The average molecular weight is 635 g/mol. The molecule has 0 saturated carbocycles. The van der Waals surface area contributed by atoms with Crippen LogP contribution in [-0.4, -0.2) is 118 Å². The van der Waals surface area contributed by atoms with Gasteiger partial charge in [-0.1, -0.05) is 21.3 Å². The van der Waals surface area contributed by atoms with E-state index in [0.29, 0.717) is 12.0 Å². The highest BCUT2D eigenvalue weighted by Crippen LogP contribution is 2.30. The molecule has 0 aliphatic carbocycles. The molecule has 10 nitrogen and oxygen atoms in total. The lowest BCUT2D eigenvalue weighted by molar-refractivity contribution is -0.138. The number of methoxy groups -OCH3 is 2. The molecule has 236 valence electrons. The number of anilines is 1. The number of rotatable bonds is 10. The standard InChI is InChI=1S/C27H40N4O6.CH4.3H2S/c1-18(2)15-21(27(34)31-16-23(36-4)25-24(31)22(32)17-37-25)28-26(33)19-5-7-20(8-6-19)30-11-9-29(10-12-30)13-14-35-3;;;;/h5-8,18,21,23-25H,9-17H2,1-4H3,(H,28,33);1H4;3*1H2/t21-,23-,24+,25+;;;;/m0..../s1. The summed E-state index contributed by atoms with van der Waals surface area (Å²) in [6.45, 7) is 9.72. The lowest BCUT2D eigenvalue weighted by atomic mass is 10.0. The van der Waals surface area contributed by atoms with Gasteiger partial charge in [0.05, 0.1) is 13.2 Å². The third-order valence-electron chi connectivity index (χ3n) is 7.51. The topological polar surface area (TPSA) is 101 Å². The number of fused-ring (bicyclic) bond motifs is 1. The van der Waals surface area contributed by atoms with E-state index in [0.717, 1.165) is 45.0 Å². The number of likely N-dealkylation sites (tertiary alicyclic amines) is 1. The number of nitrogens with one attached hydrogen (secondary N) is 1. The van der Waals surface area contributed by atoms with Crippen molar-refractivity contribution in [3.05, 3.63) is 29.8 Å². The van der Waals surface area contributed by atoms with Crippen LogP contribution in [0, 0.1) is 5.92 Å². The zero-order valence-corrected chi connectivity index (χ0v) is 26.9. The second-order valence-electron chi connectivity index (χ2n) is 10.5. The van der Waals surface area contributed by atoms with Crippen molar-refractivity contribution in [2.75, 3.05) is 71.6 Å². The van der Waals surface area contributed by atoms with Crippen molar-refractivity contribution in [3.63, 3.8) is 0 Å². The molecule has 3 heterocycles. The zero-order chi connectivity index (χ0) is 26.5. The van der Waals surface area contributed by atoms with Crippen LogP contribution in [0.1, 0.15) is 38.1 Å². The van der Waals surface area contributed by atoms with Crippen LogP contribution in [0.5, 0.6) is 0 Å². The molecule has 0 bridgehead atoms. The molecule has 0 aromatic heterocycles. The van der Waals surface area contributed by atoms with E-state index in [1.165, 1.54) is 4.90 Å². The largest absolute Gasteiger partial charge is 0.383 e. The van der Waals surface area contributed by atoms with E-state index in [9.17, 15) is 14.4 Å². The SMILES string of the molecule is C.COCCN1CCN(c2ccc(C(=O)N[C@@H](CC(C)C)C(=O)N3C[C@H](OC)[C@H]4OCC(=O)[C@H]43)cc2)CC1.S.S.S. The van der Waals surface area contributed by atoms with Gasteiger partial charge in [-0.2, -0.15) is 40.5 Å². The predicted octanol–water partition coefficient (Wildman–Crippen LogP) is 1.77. The predicted molar refractivity (Wildman–Crippen MR) is 177 cm³/mol. The molecule has 1 aromatic rings. The van der Waals surface area contributed by atoms with E-state index in [-0.39, 0.29) is 90.7 Å². The first-order chi connectivity index (χ1) is 17.8. The molecule has 1 aromatic carbocycles. The van der Waals surface area contributed by atoms with Crippen molar-refractivity contribution < 1.29 is 28.6 Å². The Morgan fingerprint density at radius 3 is 2.24 bits per heavy atom. The maximum Gasteiger partial charge on any atom is 0.251 e. The Balaban J connectivity index is 0.00000400. The minimum atomic E-state index is -0.739. The van der Waals surface area contributed by atoms with Crippen LogP contribution in [0.2, 0.25) is 0 Å². The quantitative estimate of drug-likeness (QED) is 0.416. The molecule has 0 unspecified atom stereocenters. The molecule has 1 N–H and O–H groups in total. The molecule has 3 aliphatic rings. The van der Waals surface area contributed by atoms with Crippen LogP contribution in [0.15, 0.2) is 24.3 Å². The van der Waals surface area contributed by atoms with E-state index >= 15 is 0 Å². The summed E-state index contributed by atoms with van der Waals surface area (Å²) in [5.74, 6) is -0.518. The average Bonchev–Trinajstić information content (AvgIpc) is 3.47. The summed E-state index contributed by atoms with van der Waals surface area (Å²) in [6.07, 6.45) is -0.340. The molecule has 4 rings (SSSR count). The fourth-order valence-electron chi connectivity index (χ4n) is 5.46. The second kappa shape index (κ2) is 18.2. The third-order valence-corrected chi connectivity index (χ3v) is 7.51. The normalized spacial score (nSPS) is 22.6. The number of hydrogen-bond donors (Lipinski definition) is 1. The molecule has 3 saturated heterocycles. The lowest BCUT2D eigenvalue weighted by Gasteiger charge is -2.36. The Labute approximate surface area is 266 Å². The fourth-order valence-corrected chi connectivity index (χ4v) is 5.46.